The summed E-state index contributed by atoms with van der Waals surface area (Å²) < 4.78 is 22.4. The summed E-state index contributed by atoms with van der Waals surface area (Å²) in [5, 5.41) is 3.37. The van der Waals surface area contributed by atoms with Gasteiger partial charge in [-0.05, 0) is 40.2 Å². The highest BCUT2D eigenvalue weighted by Crippen LogP contribution is 2.18. The predicted octanol–water partition coefficient (Wildman–Crippen LogP) is 1.27. The number of likely N-dealkylation sites (tertiary alicyclic amines) is 1. The Bertz CT molecular complexity index is 341. The van der Waals surface area contributed by atoms with Crippen LogP contribution in [0.1, 0.15) is 40.0 Å². The normalized spacial score (nSPS) is 24.4. The van der Waals surface area contributed by atoms with Crippen molar-refractivity contribution in [3.05, 3.63) is 0 Å². The molecule has 0 aromatic heterocycles. The van der Waals surface area contributed by atoms with Crippen LogP contribution < -0.4 is 5.32 Å². The van der Waals surface area contributed by atoms with E-state index < -0.39 is 9.84 Å². The van der Waals surface area contributed by atoms with Gasteiger partial charge in [-0.25, -0.2) is 8.42 Å². The van der Waals surface area contributed by atoms with Crippen LogP contribution >= 0.6 is 0 Å². The number of nitrogens with zero attached hydrogens (tertiary/aromatic N) is 1. The molecule has 18 heavy (non-hydrogen) atoms. The maximum atomic E-state index is 11.2. The minimum atomic E-state index is -2.88. The summed E-state index contributed by atoms with van der Waals surface area (Å²) in [6.45, 7) is 8.49. The van der Waals surface area contributed by atoms with Crippen LogP contribution in [0.2, 0.25) is 0 Å². The average Bonchev–Trinajstić information content (AvgIpc) is 2.24. The highest BCUT2D eigenvalue weighted by Gasteiger charge is 2.24. The second kappa shape index (κ2) is 6.87. The maximum absolute atomic E-state index is 11.2. The fraction of sp³-hybridized carbons (Fsp3) is 1.00. The van der Waals surface area contributed by atoms with Crippen molar-refractivity contribution >= 4 is 9.84 Å². The van der Waals surface area contributed by atoms with Crippen LogP contribution in [0.5, 0.6) is 0 Å². The van der Waals surface area contributed by atoms with Crippen molar-refractivity contribution in [2.75, 3.05) is 25.1 Å². The van der Waals surface area contributed by atoms with Gasteiger partial charge in [-0.1, -0.05) is 6.42 Å². The van der Waals surface area contributed by atoms with Gasteiger partial charge in [0.25, 0.3) is 0 Å². The van der Waals surface area contributed by atoms with Crippen LogP contribution in [0.3, 0.4) is 0 Å². The smallest absolute Gasteiger partial charge is 0.148 e. The van der Waals surface area contributed by atoms with Gasteiger partial charge in [-0.15, -0.1) is 0 Å². The molecule has 0 saturated carbocycles. The second-order valence-electron chi connectivity index (χ2n) is 5.88. The molecule has 5 heteroatoms. The van der Waals surface area contributed by atoms with Crippen LogP contribution in [0.4, 0.5) is 0 Å². The third-order valence-corrected chi connectivity index (χ3v) is 4.70. The molecule has 108 valence electrons. The summed E-state index contributed by atoms with van der Waals surface area (Å²) in [5.41, 5.74) is 0. The first-order valence-electron chi connectivity index (χ1n) is 6.96. The van der Waals surface area contributed by atoms with Crippen molar-refractivity contribution in [2.45, 2.75) is 58.2 Å². The zero-order valence-corrected chi connectivity index (χ0v) is 13.0. The standard InChI is InChI=1S/C13H28N2O2S/c1-11(2)15-8-6-5-7-13(15)9-14-12(3)10-18(4,16)17/h11-14H,5-10H2,1-4H3/t12-,13+/m0/s1. The van der Waals surface area contributed by atoms with Crippen molar-refractivity contribution in [3.8, 4) is 0 Å². The largest absolute Gasteiger partial charge is 0.312 e. The Morgan fingerprint density at radius 2 is 1.94 bits per heavy atom. The molecule has 1 aliphatic heterocycles. The lowest BCUT2D eigenvalue weighted by Gasteiger charge is -2.39. The molecular formula is C13H28N2O2S. The van der Waals surface area contributed by atoms with Gasteiger partial charge < -0.3 is 5.32 Å². The first-order chi connectivity index (χ1) is 8.29. The Kier molecular flexibility index (Phi) is 6.08. The van der Waals surface area contributed by atoms with E-state index in [1.807, 2.05) is 6.92 Å². The van der Waals surface area contributed by atoms with Gasteiger partial charge in [0.1, 0.15) is 9.84 Å². The van der Waals surface area contributed by atoms with Gasteiger partial charge in [-0.2, -0.15) is 0 Å². The summed E-state index contributed by atoms with van der Waals surface area (Å²) in [6.07, 6.45) is 5.09. The molecule has 0 spiro atoms. The molecule has 1 rings (SSSR count). The summed E-state index contributed by atoms with van der Waals surface area (Å²) in [4.78, 5) is 2.53. The van der Waals surface area contributed by atoms with Gasteiger partial charge in [0.2, 0.25) is 0 Å². The monoisotopic (exact) mass is 276 g/mol. The molecule has 0 aromatic carbocycles. The van der Waals surface area contributed by atoms with E-state index in [9.17, 15) is 8.42 Å². The number of rotatable bonds is 6. The van der Waals surface area contributed by atoms with Crippen molar-refractivity contribution in [3.63, 3.8) is 0 Å². The van der Waals surface area contributed by atoms with E-state index in [4.69, 9.17) is 0 Å². The Balaban J connectivity index is 2.41. The first-order valence-corrected chi connectivity index (χ1v) is 9.02. The van der Waals surface area contributed by atoms with Crippen molar-refractivity contribution in [1.29, 1.82) is 0 Å². The Labute approximate surface area is 112 Å². The molecule has 2 atom stereocenters. The van der Waals surface area contributed by atoms with E-state index in [-0.39, 0.29) is 11.8 Å². The van der Waals surface area contributed by atoms with Crippen LogP contribution in [-0.4, -0.2) is 56.5 Å². The van der Waals surface area contributed by atoms with Gasteiger partial charge in [0.05, 0.1) is 5.75 Å². The summed E-state index contributed by atoms with van der Waals surface area (Å²) >= 11 is 0. The molecule has 1 aliphatic rings. The van der Waals surface area contributed by atoms with Gasteiger partial charge in [0.15, 0.2) is 0 Å². The fourth-order valence-corrected chi connectivity index (χ4v) is 3.80. The van der Waals surface area contributed by atoms with Gasteiger partial charge in [0, 0.05) is 30.9 Å². The molecule has 1 fully saturated rings. The molecule has 1 heterocycles. The molecule has 0 amide bonds. The van der Waals surface area contributed by atoms with Crippen LogP contribution in [-0.2, 0) is 9.84 Å². The quantitative estimate of drug-likeness (QED) is 0.794. The third kappa shape index (κ3) is 5.67. The number of piperidine rings is 1. The number of hydrogen-bond acceptors (Lipinski definition) is 4. The number of sulfone groups is 1. The lowest BCUT2D eigenvalue weighted by molar-refractivity contribution is 0.109. The van der Waals surface area contributed by atoms with E-state index in [1.165, 1.54) is 32.1 Å². The molecule has 0 aromatic rings. The molecule has 0 bridgehead atoms. The van der Waals surface area contributed by atoms with Crippen LogP contribution in [0.15, 0.2) is 0 Å². The fourth-order valence-electron chi connectivity index (χ4n) is 2.77. The lowest BCUT2D eigenvalue weighted by atomic mass is 10.00. The molecule has 0 unspecified atom stereocenters. The molecular weight excluding hydrogens is 248 g/mol. The highest BCUT2D eigenvalue weighted by atomic mass is 32.2. The topological polar surface area (TPSA) is 49.4 Å². The number of hydrogen-bond donors (Lipinski definition) is 1. The zero-order valence-electron chi connectivity index (χ0n) is 12.1. The number of nitrogens with one attached hydrogen (secondary N) is 1. The van der Waals surface area contributed by atoms with E-state index in [2.05, 4.69) is 24.1 Å². The molecule has 1 N–H and O–H groups in total. The Hall–Kier alpha value is -0.130. The van der Waals surface area contributed by atoms with E-state index in [0.29, 0.717) is 12.1 Å². The average molecular weight is 276 g/mol. The molecule has 1 saturated heterocycles. The minimum Gasteiger partial charge on any atom is -0.312 e. The Morgan fingerprint density at radius 3 is 2.50 bits per heavy atom. The lowest BCUT2D eigenvalue weighted by Crippen LogP contribution is -2.50. The summed E-state index contributed by atoms with van der Waals surface area (Å²) in [6, 6.07) is 1.17. The van der Waals surface area contributed by atoms with Crippen molar-refractivity contribution in [2.24, 2.45) is 0 Å². The van der Waals surface area contributed by atoms with Gasteiger partial charge >= 0.3 is 0 Å². The predicted molar refractivity (Wildman–Crippen MR) is 76.7 cm³/mol. The van der Waals surface area contributed by atoms with E-state index in [0.717, 1.165) is 6.54 Å². The van der Waals surface area contributed by atoms with Crippen LogP contribution in [0.25, 0.3) is 0 Å². The SMILES string of the molecule is CC(C)N1CCCC[C@@H]1CN[C@@H](C)CS(C)(=O)=O. The Morgan fingerprint density at radius 1 is 1.28 bits per heavy atom. The van der Waals surface area contributed by atoms with Crippen LogP contribution in [0, 0.1) is 0 Å². The highest BCUT2D eigenvalue weighted by molar-refractivity contribution is 7.90. The molecule has 0 aliphatic carbocycles. The first kappa shape index (κ1) is 15.9. The van der Waals surface area contributed by atoms with E-state index in [1.54, 1.807) is 0 Å². The summed E-state index contributed by atoms with van der Waals surface area (Å²) in [5.74, 6) is 0.224. The molecule has 0 radical (unpaired) electrons. The van der Waals surface area contributed by atoms with Crippen molar-refractivity contribution in [1.82, 2.24) is 10.2 Å². The third-order valence-electron chi connectivity index (χ3n) is 3.59. The summed E-state index contributed by atoms with van der Waals surface area (Å²) in [7, 11) is -2.88. The van der Waals surface area contributed by atoms with Crippen molar-refractivity contribution < 1.29 is 8.42 Å². The second-order valence-corrected chi connectivity index (χ2v) is 8.07. The zero-order chi connectivity index (χ0) is 13.8. The maximum Gasteiger partial charge on any atom is 0.148 e. The van der Waals surface area contributed by atoms with E-state index >= 15 is 0 Å². The minimum absolute atomic E-state index is 0.0379. The molecule has 4 nitrogen and oxygen atoms in total. The van der Waals surface area contributed by atoms with Gasteiger partial charge in [-0.3, -0.25) is 4.90 Å².